The van der Waals surface area contributed by atoms with Crippen molar-refractivity contribution in [3.63, 3.8) is 0 Å². The molecule has 3 aromatic carbocycles. The lowest BCUT2D eigenvalue weighted by Crippen LogP contribution is -2.48. The van der Waals surface area contributed by atoms with Crippen molar-refractivity contribution in [2.75, 3.05) is 5.32 Å². The number of carbonyl (C=O) groups is 2. The van der Waals surface area contributed by atoms with Gasteiger partial charge in [0.1, 0.15) is 17.6 Å². The van der Waals surface area contributed by atoms with Gasteiger partial charge < -0.3 is 10.6 Å². The van der Waals surface area contributed by atoms with Crippen LogP contribution in [0.3, 0.4) is 0 Å². The zero-order chi connectivity index (χ0) is 26.5. The van der Waals surface area contributed by atoms with Crippen LogP contribution in [0.1, 0.15) is 27.5 Å². The first kappa shape index (κ1) is 24.6. The summed E-state index contributed by atoms with van der Waals surface area (Å²) < 4.78 is 16.4. The number of aromatic amines is 1. The molecule has 0 radical (unpaired) electrons. The van der Waals surface area contributed by atoms with Crippen LogP contribution in [0.2, 0.25) is 0 Å². The SMILES string of the molecule is Cn1nccc1C(=O)N[C@H](C(=O)Nc1ccc(-c2cn[nH]c2)c(F)c1)C(c1ccccc1)c1ccccc1. The maximum absolute atomic E-state index is 14.9. The molecule has 0 saturated carbocycles. The molecule has 5 aromatic rings. The minimum absolute atomic E-state index is 0.263. The smallest absolute Gasteiger partial charge is 0.270 e. The summed E-state index contributed by atoms with van der Waals surface area (Å²) in [5.74, 6) is -1.98. The number of hydrogen-bond donors (Lipinski definition) is 3. The van der Waals surface area contributed by atoms with Crippen molar-refractivity contribution in [1.82, 2.24) is 25.3 Å². The fraction of sp³-hybridized carbons (Fsp3) is 0.103. The minimum Gasteiger partial charge on any atom is -0.338 e. The molecule has 0 spiro atoms. The number of anilines is 1. The predicted molar refractivity (Wildman–Crippen MR) is 142 cm³/mol. The Kier molecular flexibility index (Phi) is 7.08. The number of amides is 2. The third-order valence-electron chi connectivity index (χ3n) is 6.32. The van der Waals surface area contributed by atoms with Crippen LogP contribution in [-0.2, 0) is 11.8 Å². The summed E-state index contributed by atoms with van der Waals surface area (Å²) >= 11 is 0. The van der Waals surface area contributed by atoms with Crippen LogP contribution in [0.25, 0.3) is 11.1 Å². The van der Waals surface area contributed by atoms with E-state index in [1.165, 1.54) is 23.1 Å². The van der Waals surface area contributed by atoms with E-state index in [2.05, 4.69) is 25.9 Å². The molecule has 9 heteroatoms. The first-order valence-electron chi connectivity index (χ1n) is 12.0. The standard InChI is InChI=1S/C29H25FN6O2/c1-36-25(14-15-33-36)28(37)35-27(26(19-8-4-2-5-9-19)20-10-6-3-7-11-20)29(38)34-22-12-13-23(24(30)16-22)21-17-31-32-18-21/h2-18,26-27H,1H3,(H,31,32)(H,34,38)(H,35,37)/t27-/m0/s1. The largest absolute Gasteiger partial charge is 0.338 e. The van der Waals surface area contributed by atoms with Gasteiger partial charge in [-0.2, -0.15) is 10.2 Å². The number of nitrogens with zero attached hydrogens (tertiary/aromatic N) is 3. The molecule has 0 fully saturated rings. The van der Waals surface area contributed by atoms with Gasteiger partial charge in [-0.1, -0.05) is 60.7 Å². The van der Waals surface area contributed by atoms with Gasteiger partial charge in [-0.3, -0.25) is 19.4 Å². The van der Waals surface area contributed by atoms with Crippen LogP contribution in [0, 0.1) is 5.82 Å². The quantitative estimate of drug-likeness (QED) is 0.287. The Bertz CT molecular complexity index is 1490. The lowest BCUT2D eigenvalue weighted by molar-refractivity contribution is -0.118. The summed E-state index contributed by atoms with van der Waals surface area (Å²) in [4.78, 5) is 27.1. The molecular weight excluding hydrogens is 483 g/mol. The van der Waals surface area contributed by atoms with Crippen molar-refractivity contribution >= 4 is 17.5 Å². The fourth-order valence-corrected chi connectivity index (χ4v) is 4.46. The number of aryl methyl sites for hydroxylation is 1. The van der Waals surface area contributed by atoms with Gasteiger partial charge in [0.2, 0.25) is 5.91 Å². The number of nitrogens with one attached hydrogen (secondary N) is 3. The van der Waals surface area contributed by atoms with E-state index in [1.807, 2.05) is 60.7 Å². The minimum atomic E-state index is -1.03. The second-order valence-corrected chi connectivity index (χ2v) is 8.76. The first-order chi connectivity index (χ1) is 18.5. The van der Waals surface area contributed by atoms with Crippen LogP contribution >= 0.6 is 0 Å². The topological polar surface area (TPSA) is 105 Å². The van der Waals surface area contributed by atoms with E-state index in [4.69, 9.17) is 0 Å². The Hall–Kier alpha value is -5.05. The third-order valence-corrected chi connectivity index (χ3v) is 6.32. The Balaban J connectivity index is 1.51. The first-order valence-corrected chi connectivity index (χ1v) is 12.0. The van der Waals surface area contributed by atoms with E-state index in [-0.39, 0.29) is 5.69 Å². The Morgan fingerprint density at radius 2 is 1.63 bits per heavy atom. The predicted octanol–water partition coefficient (Wildman–Crippen LogP) is 4.52. The van der Waals surface area contributed by atoms with Crippen molar-refractivity contribution < 1.29 is 14.0 Å². The molecule has 1 atom stereocenters. The van der Waals surface area contributed by atoms with E-state index >= 15 is 0 Å². The summed E-state index contributed by atoms with van der Waals surface area (Å²) in [5, 5.41) is 16.3. The molecule has 190 valence electrons. The molecule has 8 nitrogen and oxygen atoms in total. The second-order valence-electron chi connectivity index (χ2n) is 8.76. The number of aromatic nitrogens is 4. The summed E-state index contributed by atoms with van der Waals surface area (Å²) in [6.07, 6.45) is 4.62. The van der Waals surface area contributed by atoms with Crippen LogP contribution in [-0.4, -0.2) is 37.8 Å². The molecule has 0 aliphatic rings. The zero-order valence-corrected chi connectivity index (χ0v) is 20.5. The van der Waals surface area contributed by atoms with Gasteiger partial charge in [-0.25, -0.2) is 4.39 Å². The summed E-state index contributed by atoms with van der Waals surface area (Å²) in [6.45, 7) is 0. The molecule has 2 heterocycles. The lowest BCUT2D eigenvalue weighted by Gasteiger charge is -2.28. The van der Waals surface area contributed by atoms with Gasteiger partial charge in [0.05, 0.1) is 6.20 Å². The number of halogens is 1. The van der Waals surface area contributed by atoms with Crippen molar-refractivity contribution in [3.05, 3.63) is 126 Å². The van der Waals surface area contributed by atoms with Gasteiger partial charge in [0, 0.05) is 42.2 Å². The zero-order valence-electron chi connectivity index (χ0n) is 20.5. The number of benzene rings is 3. The van der Waals surface area contributed by atoms with Crippen LogP contribution in [0.4, 0.5) is 10.1 Å². The van der Waals surface area contributed by atoms with E-state index < -0.39 is 29.6 Å². The second kappa shape index (κ2) is 10.9. The molecule has 0 aliphatic heterocycles. The Morgan fingerprint density at radius 3 is 2.18 bits per heavy atom. The van der Waals surface area contributed by atoms with E-state index in [1.54, 1.807) is 31.4 Å². The molecule has 5 rings (SSSR count). The van der Waals surface area contributed by atoms with E-state index in [0.29, 0.717) is 16.8 Å². The van der Waals surface area contributed by atoms with E-state index in [0.717, 1.165) is 11.1 Å². The van der Waals surface area contributed by atoms with Gasteiger partial charge in [0.15, 0.2) is 0 Å². The molecule has 2 aromatic heterocycles. The van der Waals surface area contributed by atoms with Crippen molar-refractivity contribution in [3.8, 4) is 11.1 Å². The Morgan fingerprint density at radius 1 is 0.947 bits per heavy atom. The number of H-pyrrole nitrogens is 1. The molecule has 3 N–H and O–H groups in total. The number of carbonyl (C=O) groups excluding carboxylic acids is 2. The van der Waals surface area contributed by atoms with Gasteiger partial charge in [0.25, 0.3) is 5.91 Å². The highest BCUT2D eigenvalue weighted by atomic mass is 19.1. The van der Waals surface area contributed by atoms with Crippen molar-refractivity contribution in [2.24, 2.45) is 7.05 Å². The molecule has 38 heavy (non-hydrogen) atoms. The maximum atomic E-state index is 14.9. The maximum Gasteiger partial charge on any atom is 0.270 e. The van der Waals surface area contributed by atoms with Crippen LogP contribution in [0.5, 0.6) is 0 Å². The molecular formula is C29H25FN6O2. The Labute approximate surface area is 218 Å². The molecule has 0 saturated heterocycles. The number of rotatable bonds is 8. The highest BCUT2D eigenvalue weighted by molar-refractivity contribution is 6.01. The fourth-order valence-electron chi connectivity index (χ4n) is 4.46. The van der Waals surface area contributed by atoms with Crippen molar-refractivity contribution in [1.29, 1.82) is 0 Å². The number of hydrogen-bond acceptors (Lipinski definition) is 4. The summed E-state index contributed by atoms with van der Waals surface area (Å²) in [5.41, 5.74) is 3.19. The highest BCUT2D eigenvalue weighted by Gasteiger charge is 2.33. The normalized spacial score (nSPS) is 11.8. The third kappa shape index (κ3) is 5.22. The average molecular weight is 509 g/mol. The molecule has 2 amide bonds. The van der Waals surface area contributed by atoms with Crippen LogP contribution in [0.15, 0.2) is 104 Å². The van der Waals surface area contributed by atoms with Gasteiger partial charge in [-0.15, -0.1) is 0 Å². The molecule has 0 bridgehead atoms. The molecule has 0 unspecified atom stereocenters. The van der Waals surface area contributed by atoms with Crippen molar-refractivity contribution in [2.45, 2.75) is 12.0 Å². The highest BCUT2D eigenvalue weighted by Crippen LogP contribution is 2.30. The molecule has 0 aliphatic carbocycles. The van der Waals surface area contributed by atoms with E-state index in [9.17, 15) is 14.0 Å². The lowest BCUT2D eigenvalue weighted by atomic mass is 9.84. The monoisotopic (exact) mass is 508 g/mol. The van der Waals surface area contributed by atoms with Gasteiger partial charge >= 0.3 is 0 Å². The van der Waals surface area contributed by atoms with Crippen LogP contribution < -0.4 is 10.6 Å². The van der Waals surface area contributed by atoms with Gasteiger partial charge in [-0.05, 0) is 35.4 Å². The summed E-state index contributed by atoms with van der Waals surface area (Å²) in [7, 11) is 1.65. The average Bonchev–Trinajstić information content (AvgIpc) is 3.62. The summed E-state index contributed by atoms with van der Waals surface area (Å²) in [6, 6.07) is 23.9.